The van der Waals surface area contributed by atoms with Gasteiger partial charge in [-0.2, -0.15) is 0 Å². The Kier molecular flexibility index (Phi) is 33.7. The quantitative estimate of drug-likeness (QED) is 0.0292. The van der Waals surface area contributed by atoms with Gasteiger partial charge in [0.1, 0.15) is 66.5 Å². The normalized spacial score (nSPS) is 23.1. The summed E-state index contributed by atoms with van der Waals surface area (Å²) in [5, 5.41) is 26.1. The molecule has 1 heterocycles. The van der Waals surface area contributed by atoms with Crippen molar-refractivity contribution in [3.8, 4) is 0 Å². The van der Waals surface area contributed by atoms with Crippen molar-refractivity contribution < 1.29 is 57.5 Å². The van der Waals surface area contributed by atoms with E-state index in [-0.39, 0.29) is 109 Å². The van der Waals surface area contributed by atoms with Crippen LogP contribution in [-0.4, -0.2) is 171 Å². The maximum atomic E-state index is 14.4. The molecule has 82 heavy (non-hydrogen) atoms. The van der Waals surface area contributed by atoms with Crippen LogP contribution in [0.3, 0.4) is 0 Å². The van der Waals surface area contributed by atoms with E-state index in [9.17, 15) is 52.7 Å². The minimum absolute atomic E-state index is 0.0482. The first-order valence-electron chi connectivity index (χ1n) is 28.5. The molecule has 1 fully saturated rings. The van der Waals surface area contributed by atoms with E-state index in [1.54, 1.807) is 44.2 Å². The summed E-state index contributed by atoms with van der Waals surface area (Å²) in [6, 6.07) is -5.05. The zero-order valence-electron chi connectivity index (χ0n) is 48.3. The molecule has 22 N–H and O–H groups in total. The number of unbranched alkanes of at least 4 members (excludes halogenated alkanes) is 4. The van der Waals surface area contributed by atoms with Crippen LogP contribution in [0.5, 0.6) is 0 Å². The SMILES string of the molecule is CCCCCCCC(=O)N[C@@H](CCN)C(=O)N[C@@H](C)C(=O)N[C@@H](CCN)C(=O)NC1CCNC(=O)[C@@H](N)[C@@H](C)OC(=O)[C@H](CCN)NC(=O)[C@H](CCN)NC(=O)[C@H](CC(C)C)NC(=O)[C@@H](Cc2ccccc2)NC(=O)C(CCN)NC1=O. The number of nitrogens with two attached hydrogens (primary N) is 6. The Morgan fingerprint density at radius 2 is 1.11 bits per heavy atom. The summed E-state index contributed by atoms with van der Waals surface area (Å²) in [6.07, 6.45) is 2.48. The van der Waals surface area contributed by atoms with Crippen LogP contribution in [0, 0.1) is 5.92 Å². The molecule has 1 aromatic carbocycles. The molecule has 28 nitrogen and oxygen atoms in total. The van der Waals surface area contributed by atoms with Gasteiger partial charge in [-0.1, -0.05) is 76.8 Å². The molecule has 0 aromatic heterocycles. The van der Waals surface area contributed by atoms with Crippen molar-refractivity contribution in [2.75, 3.05) is 39.3 Å². The molecule has 1 aliphatic rings. The molecule has 0 saturated carbocycles. The second-order valence-electron chi connectivity index (χ2n) is 20.9. The van der Waals surface area contributed by atoms with Crippen molar-refractivity contribution in [2.24, 2.45) is 40.3 Å². The number of nitrogens with one attached hydrogen (secondary N) is 10. The highest BCUT2D eigenvalue weighted by atomic mass is 16.5. The first-order valence-corrected chi connectivity index (χ1v) is 28.5. The van der Waals surface area contributed by atoms with E-state index >= 15 is 0 Å². The van der Waals surface area contributed by atoms with Crippen LogP contribution >= 0.6 is 0 Å². The van der Waals surface area contributed by atoms with Gasteiger partial charge < -0.3 is 92.3 Å². The van der Waals surface area contributed by atoms with E-state index in [2.05, 4.69) is 60.1 Å². The lowest BCUT2D eigenvalue weighted by molar-refractivity contribution is -0.154. The monoisotopic (exact) mass is 1160 g/mol. The first-order chi connectivity index (χ1) is 39.0. The summed E-state index contributed by atoms with van der Waals surface area (Å²) in [6.45, 7) is 7.53. The molecule has 0 bridgehead atoms. The number of hydrogen-bond donors (Lipinski definition) is 16. The minimum Gasteiger partial charge on any atom is -0.459 e. The summed E-state index contributed by atoms with van der Waals surface area (Å²) in [5.74, 6) is -9.16. The van der Waals surface area contributed by atoms with Crippen molar-refractivity contribution in [1.82, 2.24) is 53.2 Å². The molecule has 28 heteroatoms. The third-order valence-electron chi connectivity index (χ3n) is 13.4. The fraction of sp³-hybridized carbons (Fsp3) is 0.685. The second-order valence-corrected chi connectivity index (χ2v) is 20.9. The van der Waals surface area contributed by atoms with Crippen molar-refractivity contribution in [2.45, 2.75) is 191 Å². The van der Waals surface area contributed by atoms with Crippen LogP contribution in [-0.2, 0) is 63.9 Å². The van der Waals surface area contributed by atoms with Gasteiger partial charge in [0.05, 0.1) is 0 Å². The smallest absolute Gasteiger partial charge is 0.329 e. The van der Waals surface area contributed by atoms with Gasteiger partial charge in [-0.25, -0.2) is 4.79 Å². The third kappa shape index (κ3) is 25.9. The molecule has 0 radical (unpaired) electrons. The molecule has 11 atom stereocenters. The van der Waals surface area contributed by atoms with E-state index in [4.69, 9.17) is 39.1 Å². The maximum Gasteiger partial charge on any atom is 0.329 e. The summed E-state index contributed by atoms with van der Waals surface area (Å²) >= 11 is 0. The highest BCUT2D eigenvalue weighted by Crippen LogP contribution is 2.12. The van der Waals surface area contributed by atoms with Gasteiger partial charge in [0.25, 0.3) is 0 Å². The fourth-order valence-corrected chi connectivity index (χ4v) is 8.66. The number of rotatable bonds is 27. The topological polar surface area (TPSA) is 473 Å². The molecular weight excluding hydrogens is 1060 g/mol. The standard InChI is InChI=1S/C54H94N16O12/c1-6-7-8-9-13-16-43(71)63-35(17-23-55)46(73)62-32(4)45(72)64-36(18-24-56)47(74)67-39-22-28-61-53(80)44(60)33(5)82-54(81)40(21-27-59)68-48(75)37(19-25-57)66-51(78)41(29-31(2)3)69-52(79)42(30-34-14-11-10-12-15-34)70-49(76)38(20-26-58)65-50(39)77/h10-12,14-15,31-33,35-42,44H,6-9,13,16-30,55-60H2,1-5H3,(H,61,80)(H,62,73)(H,63,71)(H,64,72)(H,65,77)(H,66,78)(H,67,74)(H,68,75)(H,69,79)(H,70,76)/t32-,33+,35-,36-,37-,38?,39?,40-,41-,42+,44-/m0/s1. The lowest BCUT2D eigenvalue weighted by atomic mass is 10.00. The molecule has 1 aromatic rings. The van der Waals surface area contributed by atoms with Crippen LogP contribution in [0.1, 0.15) is 124 Å². The van der Waals surface area contributed by atoms with E-state index < -0.39 is 126 Å². The lowest BCUT2D eigenvalue weighted by Gasteiger charge is -2.29. The highest BCUT2D eigenvalue weighted by molar-refractivity contribution is 5.98. The molecule has 462 valence electrons. The van der Waals surface area contributed by atoms with Crippen LogP contribution in [0.2, 0.25) is 0 Å². The molecule has 1 saturated heterocycles. The van der Waals surface area contributed by atoms with E-state index in [1.165, 1.54) is 13.8 Å². The van der Waals surface area contributed by atoms with Gasteiger partial charge >= 0.3 is 5.97 Å². The number of amides is 10. The van der Waals surface area contributed by atoms with Gasteiger partial charge in [-0.05, 0) is 109 Å². The molecule has 1 aliphatic heterocycles. The number of ether oxygens (including phenoxy) is 1. The van der Waals surface area contributed by atoms with Gasteiger partial charge in [-0.3, -0.25) is 47.9 Å². The zero-order valence-corrected chi connectivity index (χ0v) is 48.3. The predicted octanol–water partition coefficient (Wildman–Crippen LogP) is -4.46. The summed E-state index contributed by atoms with van der Waals surface area (Å²) in [5.41, 5.74) is 36.1. The average Bonchev–Trinajstić information content (AvgIpc) is 3.54. The average molecular weight is 1160 g/mol. The summed E-state index contributed by atoms with van der Waals surface area (Å²) in [4.78, 5) is 152. The number of benzene rings is 1. The van der Waals surface area contributed by atoms with E-state index in [0.717, 1.165) is 25.7 Å². The Labute approximate surface area is 480 Å². The van der Waals surface area contributed by atoms with Gasteiger partial charge in [0.15, 0.2) is 0 Å². The Balaban J connectivity index is 2.60. The van der Waals surface area contributed by atoms with Crippen molar-refractivity contribution in [3.05, 3.63) is 35.9 Å². The van der Waals surface area contributed by atoms with Gasteiger partial charge in [-0.15, -0.1) is 0 Å². The maximum absolute atomic E-state index is 14.4. The number of carbonyl (C=O) groups excluding carboxylic acids is 11. The number of esters is 1. The van der Waals surface area contributed by atoms with Crippen molar-refractivity contribution in [1.29, 1.82) is 0 Å². The minimum atomic E-state index is -1.58. The number of carbonyl (C=O) groups is 11. The van der Waals surface area contributed by atoms with Crippen LogP contribution in [0.4, 0.5) is 0 Å². The molecule has 2 rings (SSSR count). The first kappa shape index (κ1) is 71.3. The lowest BCUT2D eigenvalue weighted by Crippen LogP contribution is -2.61. The Bertz CT molecular complexity index is 2230. The Morgan fingerprint density at radius 1 is 0.598 bits per heavy atom. The highest BCUT2D eigenvalue weighted by Gasteiger charge is 2.36. The number of hydrogen-bond acceptors (Lipinski definition) is 18. The molecule has 10 amide bonds. The predicted molar refractivity (Wildman–Crippen MR) is 306 cm³/mol. The summed E-state index contributed by atoms with van der Waals surface area (Å²) < 4.78 is 5.53. The van der Waals surface area contributed by atoms with E-state index in [1.807, 2.05) is 0 Å². The Hall–Kier alpha value is -6.85. The van der Waals surface area contributed by atoms with Gasteiger partial charge in [0.2, 0.25) is 59.1 Å². The van der Waals surface area contributed by atoms with E-state index in [0.29, 0.717) is 12.0 Å². The second kappa shape index (κ2) is 38.8. The van der Waals surface area contributed by atoms with Crippen molar-refractivity contribution in [3.63, 3.8) is 0 Å². The molecule has 0 aliphatic carbocycles. The largest absolute Gasteiger partial charge is 0.459 e. The molecular formula is C54H94N16O12. The third-order valence-corrected chi connectivity index (χ3v) is 13.4. The number of cyclic esters (lactones) is 1. The van der Waals surface area contributed by atoms with Crippen molar-refractivity contribution >= 4 is 65.0 Å². The van der Waals surface area contributed by atoms with Crippen LogP contribution in [0.25, 0.3) is 0 Å². The fourth-order valence-electron chi connectivity index (χ4n) is 8.66. The molecule has 2 unspecified atom stereocenters. The summed E-state index contributed by atoms with van der Waals surface area (Å²) in [7, 11) is 0. The van der Waals surface area contributed by atoms with Gasteiger partial charge in [0, 0.05) is 19.4 Å². The Morgan fingerprint density at radius 3 is 1.68 bits per heavy atom. The van der Waals surface area contributed by atoms with Crippen LogP contribution < -0.4 is 87.6 Å². The van der Waals surface area contributed by atoms with Crippen LogP contribution in [0.15, 0.2) is 30.3 Å². The molecule has 0 spiro atoms. The zero-order chi connectivity index (χ0) is 61.3.